The fraction of sp³-hybridized carbons (Fsp3) is 0.364. The Kier molecular flexibility index (Phi) is 3.75. The molecule has 17 heavy (non-hydrogen) atoms. The number of hydrogen-bond acceptors (Lipinski definition) is 5. The molecular formula is C11H13NO4S. The lowest BCUT2D eigenvalue weighted by atomic mass is 10.2. The molecule has 0 aliphatic carbocycles. The van der Waals surface area contributed by atoms with Crippen molar-refractivity contribution in [2.24, 2.45) is 5.73 Å². The summed E-state index contributed by atoms with van der Waals surface area (Å²) in [6, 6.07) is 4.89. The summed E-state index contributed by atoms with van der Waals surface area (Å²) in [7, 11) is 0. The summed E-state index contributed by atoms with van der Waals surface area (Å²) in [4.78, 5) is 10.5. The summed E-state index contributed by atoms with van der Waals surface area (Å²) in [5.41, 5.74) is 6.47. The quantitative estimate of drug-likeness (QED) is 0.818. The molecule has 0 amide bonds. The second kappa shape index (κ2) is 5.29. The molecule has 1 aromatic carbocycles. The smallest absolute Gasteiger partial charge is 0.321 e. The summed E-state index contributed by atoms with van der Waals surface area (Å²) in [6.07, 6.45) is 0. The molecule has 2 rings (SSSR count). The molecule has 1 aromatic rings. The molecule has 0 bridgehead atoms. The van der Waals surface area contributed by atoms with Crippen LogP contribution >= 0.6 is 11.8 Å². The van der Waals surface area contributed by atoms with Gasteiger partial charge in [-0.2, -0.15) is 11.8 Å². The predicted octanol–water partition coefficient (Wildman–Crippen LogP) is 1.06. The molecule has 0 unspecified atom stereocenters. The zero-order chi connectivity index (χ0) is 12.3. The lowest BCUT2D eigenvalue weighted by Crippen LogP contribution is -2.32. The fourth-order valence-corrected chi connectivity index (χ4v) is 2.34. The van der Waals surface area contributed by atoms with E-state index in [1.807, 2.05) is 18.2 Å². The van der Waals surface area contributed by atoms with Crippen molar-refractivity contribution in [2.45, 2.75) is 11.8 Å². The van der Waals surface area contributed by atoms with Crippen LogP contribution in [-0.4, -0.2) is 29.7 Å². The first kappa shape index (κ1) is 12.1. The highest BCUT2D eigenvalue weighted by Crippen LogP contribution is 2.33. The van der Waals surface area contributed by atoms with Crippen molar-refractivity contribution in [2.75, 3.05) is 12.5 Å². The molecule has 1 heterocycles. The first-order chi connectivity index (χ1) is 8.16. The van der Waals surface area contributed by atoms with Gasteiger partial charge >= 0.3 is 5.97 Å². The van der Waals surface area contributed by atoms with Crippen LogP contribution < -0.4 is 15.2 Å². The largest absolute Gasteiger partial charge is 0.480 e. The number of ether oxygens (including phenoxy) is 2. The third kappa shape index (κ3) is 3.04. The molecule has 92 valence electrons. The van der Waals surface area contributed by atoms with Gasteiger partial charge in [0, 0.05) is 11.5 Å². The van der Waals surface area contributed by atoms with Gasteiger partial charge in [0.1, 0.15) is 6.04 Å². The maximum Gasteiger partial charge on any atom is 0.321 e. The lowest BCUT2D eigenvalue weighted by Gasteiger charge is -2.06. The van der Waals surface area contributed by atoms with Crippen LogP contribution in [0.1, 0.15) is 5.56 Å². The third-order valence-corrected chi connectivity index (χ3v) is 3.45. The Labute approximate surface area is 103 Å². The molecule has 6 heteroatoms. The van der Waals surface area contributed by atoms with E-state index in [0.29, 0.717) is 11.5 Å². The third-order valence-electron chi connectivity index (χ3n) is 2.32. The molecular weight excluding hydrogens is 242 g/mol. The molecule has 1 aliphatic heterocycles. The van der Waals surface area contributed by atoms with Crippen LogP contribution in [0.5, 0.6) is 11.5 Å². The number of carbonyl (C=O) groups is 1. The van der Waals surface area contributed by atoms with Crippen LogP contribution in [0.25, 0.3) is 0 Å². The number of benzene rings is 1. The Balaban J connectivity index is 1.85. The van der Waals surface area contributed by atoms with Gasteiger partial charge in [-0.1, -0.05) is 6.07 Å². The Morgan fingerprint density at radius 3 is 3.00 bits per heavy atom. The van der Waals surface area contributed by atoms with E-state index >= 15 is 0 Å². The summed E-state index contributed by atoms with van der Waals surface area (Å²) in [5.74, 6) is 1.62. The van der Waals surface area contributed by atoms with Crippen molar-refractivity contribution in [1.29, 1.82) is 0 Å². The fourth-order valence-electron chi connectivity index (χ4n) is 1.41. The number of carboxylic acids is 1. The Hall–Kier alpha value is -1.40. The second-order valence-electron chi connectivity index (χ2n) is 3.65. The number of aliphatic carboxylic acids is 1. The van der Waals surface area contributed by atoms with Crippen LogP contribution in [0.2, 0.25) is 0 Å². The van der Waals surface area contributed by atoms with Crippen LogP contribution in [0.4, 0.5) is 0 Å². The van der Waals surface area contributed by atoms with Gasteiger partial charge in [0.15, 0.2) is 11.5 Å². The van der Waals surface area contributed by atoms with Gasteiger partial charge in [-0.05, 0) is 17.7 Å². The van der Waals surface area contributed by atoms with Crippen molar-refractivity contribution < 1.29 is 19.4 Å². The van der Waals surface area contributed by atoms with Crippen LogP contribution in [0.15, 0.2) is 18.2 Å². The first-order valence-corrected chi connectivity index (χ1v) is 6.27. The number of thioether (sulfide) groups is 1. The monoisotopic (exact) mass is 255 g/mol. The number of hydrogen-bond donors (Lipinski definition) is 2. The van der Waals surface area contributed by atoms with Crippen LogP contribution in [0, 0.1) is 0 Å². The average Bonchev–Trinajstić information content (AvgIpc) is 2.75. The molecule has 0 radical (unpaired) electrons. The normalized spacial score (nSPS) is 14.6. The van der Waals surface area contributed by atoms with Gasteiger partial charge in [-0.15, -0.1) is 0 Å². The predicted molar refractivity (Wildman–Crippen MR) is 64.3 cm³/mol. The number of rotatable bonds is 5. The average molecular weight is 255 g/mol. The van der Waals surface area contributed by atoms with E-state index in [-0.39, 0.29) is 6.79 Å². The minimum Gasteiger partial charge on any atom is -0.480 e. The number of fused-ring (bicyclic) bond motifs is 1. The molecule has 3 N–H and O–H groups in total. The maximum atomic E-state index is 10.5. The first-order valence-electron chi connectivity index (χ1n) is 5.11. The lowest BCUT2D eigenvalue weighted by molar-refractivity contribution is -0.137. The van der Waals surface area contributed by atoms with Gasteiger partial charge in [-0.3, -0.25) is 4.79 Å². The van der Waals surface area contributed by atoms with Crippen molar-refractivity contribution in [3.05, 3.63) is 23.8 Å². The molecule has 1 aliphatic rings. The highest BCUT2D eigenvalue weighted by atomic mass is 32.2. The number of nitrogens with two attached hydrogens (primary N) is 1. The molecule has 5 nitrogen and oxygen atoms in total. The number of carboxylic acid groups (broad SMARTS) is 1. The molecule has 0 saturated heterocycles. The van der Waals surface area contributed by atoms with Gasteiger partial charge < -0.3 is 20.3 Å². The molecule has 0 aromatic heterocycles. The highest BCUT2D eigenvalue weighted by molar-refractivity contribution is 7.98. The van der Waals surface area contributed by atoms with Crippen LogP contribution in [0.3, 0.4) is 0 Å². The zero-order valence-electron chi connectivity index (χ0n) is 9.09. The minimum absolute atomic E-state index is 0.260. The SMILES string of the molecule is N[C@@H](CSCc1ccc2c(c1)OCO2)C(=O)O. The van der Waals surface area contributed by atoms with Gasteiger partial charge in [0.05, 0.1) is 0 Å². The van der Waals surface area contributed by atoms with E-state index in [4.69, 9.17) is 20.3 Å². The maximum absolute atomic E-state index is 10.5. The highest BCUT2D eigenvalue weighted by Gasteiger charge is 2.14. The zero-order valence-corrected chi connectivity index (χ0v) is 9.90. The second-order valence-corrected chi connectivity index (χ2v) is 4.68. The Morgan fingerprint density at radius 2 is 2.24 bits per heavy atom. The summed E-state index contributed by atoms with van der Waals surface area (Å²) in [6.45, 7) is 0.260. The Morgan fingerprint density at radius 1 is 1.47 bits per heavy atom. The van der Waals surface area contributed by atoms with E-state index in [1.165, 1.54) is 11.8 Å². The van der Waals surface area contributed by atoms with E-state index in [0.717, 1.165) is 17.1 Å². The molecule has 0 saturated carbocycles. The molecule has 1 atom stereocenters. The molecule has 0 spiro atoms. The Bertz CT molecular complexity index is 424. The van der Waals surface area contributed by atoms with Crippen molar-refractivity contribution in [1.82, 2.24) is 0 Å². The van der Waals surface area contributed by atoms with Crippen molar-refractivity contribution in [3.63, 3.8) is 0 Å². The van der Waals surface area contributed by atoms with Gasteiger partial charge in [0.25, 0.3) is 0 Å². The summed E-state index contributed by atoms with van der Waals surface area (Å²) in [5, 5.41) is 8.63. The minimum atomic E-state index is -0.969. The van der Waals surface area contributed by atoms with Crippen molar-refractivity contribution >= 4 is 17.7 Å². The van der Waals surface area contributed by atoms with Gasteiger partial charge in [-0.25, -0.2) is 0 Å². The van der Waals surface area contributed by atoms with E-state index in [1.54, 1.807) is 0 Å². The van der Waals surface area contributed by atoms with E-state index in [2.05, 4.69) is 0 Å². The van der Waals surface area contributed by atoms with Crippen molar-refractivity contribution in [3.8, 4) is 11.5 Å². The van der Waals surface area contributed by atoms with Gasteiger partial charge in [0.2, 0.25) is 6.79 Å². The van der Waals surface area contributed by atoms with Crippen LogP contribution in [-0.2, 0) is 10.5 Å². The molecule has 0 fully saturated rings. The van der Waals surface area contributed by atoms with E-state index in [9.17, 15) is 4.79 Å². The topological polar surface area (TPSA) is 81.8 Å². The summed E-state index contributed by atoms with van der Waals surface area (Å²) < 4.78 is 10.5. The van der Waals surface area contributed by atoms with E-state index < -0.39 is 12.0 Å². The standard InChI is InChI=1S/C11H13NO4S/c12-8(11(13)14)5-17-4-7-1-2-9-10(3-7)16-6-15-9/h1-3,8H,4-6,12H2,(H,13,14)/t8-/m0/s1. The summed E-state index contributed by atoms with van der Waals surface area (Å²) >= 11 is 1.49.